The van der Waals surface area contributed by atoms with E-state index in [1.165, 1.54) is 19.4 Å². The van der Waals surface area contributed by atoms with Crippen LogP contribution >= 0.6 is 0 Å². The number of hydrogen-bond acceptors (Lipinski definition) is 5. The van der Waals surface area contributed by atoms with Gasteiger partial charge in [-0.25, -0.2) is 0 Å². The fourth-order valence-electron chi connectivity index (χ4n) is 4.13. The van der Waals surface area contributed by atoms with Gasteiger partial charge in [0.2, 0.25) is 0 Å². The molecule has 5 nitrogen and oxygen atoms in total. The molecule has 3 aliphatic rings. The van der Waals surface area contributed by atoms with Crippen LogP contribution in [0.5, 0.6) is 5.75 Å². The van der Waals surface area contributed by atoms with Gasteiger partial charge in [-0.2, -0.15) is 0 Å². The van der Waals surface area contributed by atoms with Crippen molar-refractivity contribution < 1.29 is 14.2 Å². The lowest BCUT2D eigenvalue weighted by atomic mass is 9.80. The Kier molecular flexibility index (Phi) is 4.51. The fraction of sp³-hybridized carbons (Fsp3) is 0.722. The van der Waals surface area contributed by atoms with E-state index in [4.69, 9.17) is 14.2 Å². The summed E-state index contributed by atoms with van der Waals surface area (Å²) in [5.41, 5.74) is 0.0351. The molecule has 1 aromatic heterocycles. The molecule has 3 aliphatic heterocycles. The van der Waals surface area contributed by atoms with Crippen LogP contribution in [-0.2, 0) is 9.47 Å². The molecule has 0 N–H and O–H groups in total. The predicted octanol–water partition coefficient (Wildman–Crippen LogP) is 1.98. The molecule has 4 heterocycles. The van der Waals surface area contributed by atoms with Gasteiger partial charge in [-0.3, -0.25) is 9.88 Å². The molecule has 1 aromatic rings. The van der Waals surface area contributed by atoms with E-state index in [9.17, 15) is 0 Å². The lowest BCUT2D eigenvalue weighted by Gasteiger charge is -2.51. The summed E-state index contributed by atoms with van der Waals surface area (Å²) in [6.07, 6.45) is 7.06. The third-order valence-corrected chi connectivity index (χ3v) is 5.53. The van der Waals surface area contributed by atoms with Crippen LogP contribution in [0.4, 0.5) is 0 Å². The first-order chi connectivity index (χ1) is 11.3. The standard InChI is InChI=1S/C18H26N2O3/c1-2-17(10-19-6-1)22-12-16-5-9-23-18(16)13-20(14-18)11-15-3-7-21-8-4-15/h1-2,6,10,15-16H,3-5,7-9,11-14H2/t16-/m1/s1. The van der Waals surface area contributed by atoms with E-state index in [0.717, 1.165) is 57.6 Å². The first-order valence-corrected chi connectivity index (χ1v) is 8.81. The van der Waals surface area contributed by atoms with Crippen LogP contribution in [0.25, 0.3) is 0 Å². The minimum absolute atomic E-state index is 0.0351. The highest BCUT2D eigenvalue weighted by molar-refractivity contribution is 5.16. The summed E-state index contributed by atoms with van der Waals surface area (Å²) in [6, 6.07) is 3.88. The molecule has 0 aromatic carbocycles. The third-order valence-electron chi connectivity index (χ3n) is 5.53. The van der Waals surface area contributed by atoms with Gasteiger partial charge in [-0.1, -0.05) is 0 Å². The molecule has 0 bridgehead atoms. The Balaban J connectivity index is 1.27. The van der Waals surface area contributed by atoms with Crippen LogP contribution in [0, 0.1) is 11.8 Å². The van der Waals surface area contributed by atoms with Gasteiger partial charge >= 0.3 is 0 Å². The van der Waals surface area contributed by atoms with Gasteiger partial charge in [0, 0.05) is 51.6 Å². The fourth-order valence-corrected chi connectivity index (χ4v) is 4.13. The highest BCUT2D eigenvalue weighted by atomic mass is 16.5. The smallest absolute Gasteiger partial charge is 0.137 e. The zero-order valence-electron chi connectivity index (χ0n) is 13.7. The quantitative estimate of drug-likeness (QED) is 0.830. The second-order valence-electron chi connectivity index (χ2n) is 7.12. The molecule has 4 rings (SSSR count). The van der Waals surface area contributed by atoms with Crippen molar-refractivity contribution in [2.24, 2.45) is 11.8 Å². The van der Waals surface area contributed by atoms with Gasteiger partial charge in [-0.05, 0) is 37.3 Å². The molecule has 1 spiro atoms. The number of likely N-dealkylation sites (tertiary alicyclic amines) is 1. The van der Waals surface area contributed by atoms with E-state index < -0.39 is 0 Å². The summed E-state index contributed by atoms with van der Waals surface area (Å²) < 4.78 is 17.5. The topological polar surface area (TPSA) is 43.8 Å². The highest BCUT2D eigenvalue weighted by Gasteiger charge is 2.53. The number of hydrogen-bond donors (Lipinski definition) is 0. The van der Waals surface area contributed by atoms with Gasteiger partial charge in [0.05, 0.1) is 18.4 Å². The molecule has 23 heavy (non-hydrogen) atoms. The summed E-state index contributed by atoms with van der Waals surface area (Å²) in [5.74, 6) is 2.15. The summed E-state index contributed by atoms with van der Waals surface area (Å²) in [6.45, 7) is 6.79. The van der Waals surface area contributed by atoms with Gasteiger partial charge in [0.15, 0.2) is 0 Å². The maximum absolute atomic E-state index is 6.13. The maximum atomic E-state index is 6.13. The van der Waals surface area contributed by atoms with Gasteiger partial charge in [0.25, 0.3) is 0 Å². The second-order valence-corrected chi connectivity index (χ2v) is 7.12. The number of pyridine rings is 1. The number of aromatic nitrogens is 1. The molecule has 3 fully saturated rings. The van der Waals surface area contributed by atoms with Crippen molar-refractivity contribution in [1.82, 2.24) is 9.88 Å². The van der Waals surface area contributed by atoms with Crippen LogP contribution in [-0.4, -0.2) is 61.5 Å². The SMILES string of the molecule is c1cncc(OC[C@H]2CCOC23CN(CC2CCOCC2)C3)c1. The molecule has 0 saturated carbocycles. The van der Waals surface area contributed by atoms with Gasteiger partial charge in [-0.15, -0.1) is 0 Å². The molecule has 0 radical (unpaired) electrons. The minimum atomic E-state index is 0.0351. The first kappa shape index (κ1) is 15.4. The Morgan fingerprint density at radius 3 is 2.87 bits per heavy atom. The van der Waals surface area contributed by atoms with Crippen LogP contribution in [0.3, 0.4) is 0 Å². The summed E-state index contributed by atoms with van der Waals surface area (Å²) in [4.78, 5) is 6.66. The average Bonchev–Trinajstić information content (AvgIpc) is 2.98. The predicted molar refractivity (Wildman–Crippen MR) is 86.5 cm³/mol. The molecule has 0 aliphatic carbocycles. The molecule has 1 atom stereocenters. The summed E-state index contributed by atoms with van der Waals surface area (Å²) >= 11 is 0. The molecular weight excluding hydrogens is 292 g/mol. The average molecular weight is 318 g/mol. The lowest BCUT2D eigenvalue weighted by Crippen LogP contribution is -2.66. The van der Waals surface area contributed by atoms with Crippen molar-refractivity contribution in [2.75, 3.05) is 46.1 Å². The van der Waals surface area contributed by atoms with E-state index in [-0.39, 0.29) is 5.60 Å². The molecule has 0 amide bonds. The third kappa shape index (κ3) is 3.37. The summed E-state index contributed by atoms with van der Waals surface area (Å²) in [5, 5.41) is 0. The normalized spacial score (nSPS) is 27.9. The van der Waals surface area contributed by atoms with E-state index in [2.05, 4.69) is 9.88 Å². The first-order valence-electron chi connectivity index (χ1n) is 8.81. The Morgan fingerprint density at radius 1 is 1.22 bits per heavy atom. The van der Waals surface area contributed by atoms with Crippen molar-refractivity contribution in [2.45, 2.75) is 24.9 Å². The highest BCUT2D eigenvalue weighted by Crippen LogP contribution is 2.40. The second kappa shape index (κ2) is 6.75. The van der Waals surface area contributed by atoms with Gasteiger partial charge < -0.3 is 14.2 Å². The van der Waals surface area contributed by atoms with Crippen molar-refractivity contribution in [1.29, 1.82) is 0 Å². The minimum Gasteiger partial charge on any atom is -0.492 e. The zero-order chi connectivity index (χ0) is 15.5. The molecule has 3 saturated heterocycles. The largest absolute Gasteiger partial charge is 0.492 e. The molecular formula is C18H26N2O3. The van der Waals surface area contributed by atoms with E-state index in [0.29, 0.717) is 5.92 Å². The van der Waals surface area contributed by atoms with E-state index in [1.807, 2.05) is 12.1 Å². The Labute approximate surface area is 137 Å². The number of ether oxygens (including phenoxy) is 3. The van der Waals surface area contributed by atoms with Crippen LogP contribution < -0.4 is 4.74 Å². The summed E-state index contributed by atoms with van der Waals surface area (Å²) in [7, 11) is 0. The molecule has 0 unspecified atom stereocenters. The van der Waals surface area contributed by atoms with Crippen molar-refractivity contribution in [3.63, 3.8) is 0 Å². The van der Waals surface area contributed by atoms with E-state index in [1.54, 1.807) is 12.4 Å². The van der Waals surface area contributed by atoms with Crippen molar-refractivity contribution in [3.05, 3.63) is 24.5 Å². The van der Waals surface area contributed by atoms with Crippen LogP contribution in [0.1, 0.15) is 19.3 Å². The van der Waals surface area contributed by atoms with Crippen LogP contribution in [0.15, 0.2) is 24.5 Å². The van der Waals surface area contributed by atoms with Gasteiger partial charge in [0.1, 0.15) is 5.75 Å². The Hall–Kier alpha value is -1.17. The lowest BCUT2D eigenvalue weighted by molar-refractivity contribution is -0.143. The Bertz CT molecular complexity index is 498. The zero-order valence-corrected chi connectivity index (χ0v) is 13.7. The maximum Gasteiger partial charge on any atom is 0.137 e. The van der Waals surface area contributed by atoms with E-state index >= 15 is 0 Å². The van der Waals surface area contributed by atoms with Crippen molar-refractivity contribution in [3.8, 4) is 5.75 Å². The Morgan fingerprint density at radius 2 is 2.09 bits per heavy atom. The van der Waals surface area contributed by atoms with Crippen molar-refractivity contribution >= 4 is 0 Å². The number of rotatable bonds is 5. The molecule has 126 valence electrons. The monoisotopic (exact) mass is 318 g/mol. The number of nitrogens with zero attached hydrogens (tertiary/aromatic N) is 2. The van der Waals surface area contributed by atoms with Crippen LogP contribution in [0.2, 0.25) is 0 Å². The molecule has 5 heteroatoms.